The Hall–Kier alpha value is -2.47. The average molecular weight is 341 g/mol. The lowest BCUT2D eigenvalue weighted by Gasteiger charge is -2.24. The Kier molecular flexibility index (Phi) is 3.92. The van der Waals surface area contributed by atoms with Crippen LogP contribution in [0.3, 0.4) is 0 Å². The minimum absolute atomic E-state index is 0.0681. The number of benzene rings is 1. The van der Waals surface area contributed by atoms with Crippen LogP contribution in [0.5, 0.6) is 0 Å². The maximum absolute atomic E-state index is 13.1. The Morgan fingerprint density at radius 1 is 1.12 bits per heavy atom. The molecule has 2 aliphatic rings. The van der Waals surface area contributed by atoms with Crippen molar-refractivity contribution in [2.75, 3.05) is 19.6 Å². The van der Waals surface area contributed by atoms with Gasteiger partial charge in [-0.2, -0.15) is 0 Å². The molecule has 2 aromatic rings. The highest BCUT2D eigenvalue weighted by molar-refractivity contribution is 5.94. The van der Waals surface area contributed by atoms with Gasteiger partial charge in [0.25, 0.3) is 11.5 Å². The van der Waals surface area contributed by atoms with Gasteiger partial charge in [0.1, 0.15) is 5.82 Å². The van der Waals surface area contributed by atoms with E-state index in [1.807, 2.05) is 4.90 Å². The van der Waals surface area contributed by atoms with E-state index in [2.05, 4.69) is 5.32 Å². The van der Waals surface area contributed by atoms with Crippen molar-refractivity contribution in [3.8, 4) is 5.69 Å². The topological polar surface area (TPSA) is 54.3 Å². The summed E-state index contributed by atoms with van der Waals surface area (Å²) in [6.45, 7) is 2.44. The Morgan fingerprint density at radius 3 is 2.64 bits per heavy atom. The highest BCUT2D eigenvalue weighted by atomic mass is 19.1. The lowest BCUT2D eigenvalue weighted by Crippen LogP contribution is -2.43. The Labute approximate surface area is 145 Å². The molecule has 1 N–H and O–H groups in total. The molecule has 1 aromatic heterocycles. The molecule has 1 spiro atoms. The van der Waals surface area contributed by atoms with Crippen LogP contribution in [0.15, 0.2) is 47.4 Å². The normalized spacial score (nSPS) is 22.7. The molecule has 0 bridgehead atoms. The minimum Gasteiger partial charge on any atom is -0.337 e. The van der Waals surface area contributed by atoms with E-state index in [0.717, 1.165) is 32.4 Å². The van der Waals surface area contributed by atoms with Gasteiger partial charge in [-0.05, 0) is 56.1 Å². The standard InChI is InChI=1S/C19H20FN3O2/c20-15-3-5-16(6-4-15)23-12-14(2-7-17(23)24)18(25)22-11-9-19(13-22)8-1-10-21-19/h2-7,12,21H,1,8-11,13H2. The van der Waals surface area contributed by atoms with Gasteiger partial charge in [-0.1, -0.05) is 0 Å². The summed E-state index contributed by atoms with van der Waals surface area (Å²) in [5, 5.41) is 3.54. The number of hydrogen-bond acceptors (Lipinski definition) is 3. The lowest BCUT2D eigenvalue weighted by molar-refractivity contribution is 0.0781. The van der Waals surface area contributed by atoms with Crippen molar-refractivity contribution in [2.24, 2.45) is 0 Å². The summed E-state index contributed by atoms with van der Waals surface area (Å²) in [5.41, 5.74) is 0.829. The lowest BCUT2D eigenvalue weighted by atomic mass is 9.97. The van der Waals surface area contributed by atoms with Crippen LogP contribution >= 0.6 is 0 Å². The Balaban J connectivity index is 1.60. The van der Waals surface area contributed by atoms with E-state index in [9.17, 15) is 14.0 Å². The second-order valence-electron chi connectivity index (χ2n) is 6.89. The van der Waals surface area contributed by atoms with Crippen molar-refractivity contribution < 1.29 is 9.18 Å². The van der Waals surface area contributed by atoms with Crippen LogP contribution in [0.2, 0.25) is 0 Å². The maximum Gasteiger partial charge on any atom is 0.255 e. The third-order valence-corrected chi connectivity index (χ3v) is 5.24. The molecule has 1 atom stereocenters. The third kappa shape index (κ3) is 2.98. The van der Waals surface area contributed by atoms with E-state index in [1.165, 1.54) is 34.9 Å². The first-order valence-electron chi connectivity index (χ1n) is 8.59. The quantitative estimate of drug-likeness (QED) is 0.908. The summed E-state index contributed by atoms with van der Waals surface area (Å²) in [5.74, 6) is -0.433. The molecule has 2 fully saturated rings. The van der Waals surface area contributed by atoms with Crippen LogP contribution in [-0.4, -0.2) is 40.5 Å². The van der Waals surface area contributed by atoms with Gasteiger partial charge in [0.05, 0.1) is 5.56 Å². The van der Waals surface area contributed by atoms with Crippen LogP contribution in [0.4, 0.5) is 4.39 Å². The molecule has 1 aromatic carbocycles. The number of pyridine rings is 1. The predicted octanol–water partition coefficient (Wildman–Crippen LogP) is 1.94. The first kappa shape index (κ1) is 16.0. The molecule has 2 saturated heterocycles. The average Bonchev–Trinajstić information content (AvgIpc) is 3.26. The number of nitrogens with zero attached hydrogens (tertiary/aromatic N) is 2. The van der Waals surface area contributed by atoms with Gasteiger partial charge >= 0.3 is 0 Å². The second-order valence-corrected chi connectivity index (χ2v) is 6.89. The van der Waals surface area contributed by atoms with Gasteiger partial charge in [-0.3, -0.25) is 14.2 Å². The van der Waals surface area contributed by atoms with Crippen molar-refractivity contribution >= 4 is 5.91 Å². The first-order chi connectivity index (χ1) is 12.1. The Bertz CT molecular complexity index is 854. The third-order valence-electron chi connectivity index (χ3n) is 5.24. The zero-order chi connectivity index (χ0) is 17.4. The monoisotopic (exact) mass is 341 g/mol. The van der Waals surface area contributed by atoms with Gasteiger partial charge in [0.2, 0.25) is 0 Å². The van der Waals surface area contributed by atoms with E-state index in [-0.39, 0.29) is 22.8 Å². The van der Waals surface area contributed by atoms with Crippen LogP contribution in [0.1, 0.15) is 29.6 Å². The largest absolute Gasteiger partial charge is 0.337 e. The fourth-order valence-electron chi connectivity index (χ4n) is 3.86. The molecule has 4 rings (SSSR count). The molecule has 25 heavy (non-hydrogen) atoms. The Morgan fingerprint density at radius 2 is 1.92 bits per heavy atom. The summed E-state index contributed by atoms with van der Waals surface area (Å²) >= 11 is 0. The smallest absolute Gasteiger partial charge is 0.255 e. The van der Waals surface area contributed by atoms with Gasteiger partial charge < -0.3 is 10.2 Å². The number of halogens is 1. The van der Waals surface area contributed by atoms with E-state index in [4.69, 9.17) is 0 Å². The molecule has 0 saturated carbocycles. The number of amides is 1. The second kappa shape index (κ2) is 6.11. The molecule has 1 amide bonds. The molecule has 0 aliphatic carbocycles. The van der Waals surface area contributed by atoms with Crippen molar-refractivity contribution in [3.63, 3.8) is 0 Å². The molecular weight excluding hydrogens is 321 g/mol. The molecule has 0 radical (unpaired) electrons. The molecule has 5 nitrogen and oxygen atoms in total. The van der Waals surface area contributed by atoms with E-state index >= 15 is 0 Å². The molecule has 2 aliphatic heterocycles. The number of rotatable bonds is 2. The fraction of sp³-hybridized carbons (Fsp3) is 0.368. The maximum atomic E-state index is 13.1. The van der Waals surface area contributed by atoms with Gasteiger partial charge in [-0.25, -0.2) is 4.39 Å². The van der Waals surface area contributed by atoms with Gasteiger partial charge in [0.15, 0.2) is 0 Å². The molecule has 1 unspecified atom stereocenters. The van der Waals surface area contributed by atoms with Crippen LogP contribution in [0, 0.1) is 5.82 Å². The first-order valence-corrected chi connectivity index (χ1v) is 8.59. The fourth-order valence-corrected chi connectivity index (χ4v) is 3.86. The number of aromatic nitrogens is 1. The highest BCUT2D eigenvalue weighted by Gasteiger charge is 2.41. The van der Waals surface area contributed by atoms with E-state index in [0.29, 0.717) is 17.8 Å². The number of nitrogens with one attached hydrogen (secondary N) is 1. The molecule has 3 heterocycles. The van der Waals surface area contributed by atoms with Crippen molar-refractivity contribution in [1.29, 1.82) is 0 Å². The van der Waals surface area contributed by atoms with Crippen molar-refractivity contribution in [1.82, 2.24) is 14.8 Å². The zero-order valence-corrected chi connectivity index (χ0v) is 13.9. The summed E-state index contributed by atoms with van der Waals surface area (Å²) in [6, 6.07) is 8.60. The van der Waals surface area contributed by atoms with Crippen LogP contribution in [-0.2, 0) is 0 Å². The zero-order valence-electron chi connectivity index (χ0n) is 13.9. The summed E-state index contributed by atoms with van der Waals surface area (Å²) in [7, 11) is 0. The van der Waals surface area contributed by atoms with Crippen LogP contribution in [0.25, 0.3) is 5.69 Å². The molecule has 6 heteroatoms. The predicted molar refractivity (Wildman–Crippen MR) is 92.5 cm³/mol. The number of hydrogen-bond donors (Lipinski definition) is 1. The summed E-state index contributed by atoms with van der Waals surface area (Å²) < 4.78 is 14.5. The molecule has 130 valence electrons. The number of carbonyl (C=O) groups is 1. The van der Waals surface area contributed by atoms with Crippen molar-refractivity contribution in [3.05, 3.63) is 64.3 Å². The SMILES string of the molecule is O=C(c1ccc(=O)n(-c2ccc(F)cc2)c1)N1CCC2(CCCN2)C1. The molecular formula is C19H20FN3O2. The van der Waals surface area contributed by atoms with E-state index < -0.39 is 0 Å². The number of carbonyl (C=O) groups excluding carboxylic acids is 1. The van der Waals surface area contributed by atoms with Crippen LogP contribution < -0.4 is 10.9 Å². The van der Waals surface area contributed by atoms with Gasteiger partial charge in [0, 0.05) is 36.6 Å². The van der Waals surface area contributed by atoms with Crippen molar-refractivity contribution in [2.45, 2.75) is 24.8 Å². The summed E-state index contributed by atoms with van der Waals surface area (Å²) in [6.07, 6.45) is 4.77. The van der Waals surface area contributed by atoms with E-state index in [1.54, 1.807) is 12.3 Å². The number of likely N-dealkylation sites (tertiary alicyclic amines) is 1. The van der Waals surface area contributed by atoms with Gasteiger partial charge in [-0.15, -0.1) is 0 Å². The highest BCUT2D eigenvalue weighted by Crippen LogP contribution is 2.30. The minimum atomic E-state index is -0.365. The summed E-state index contributed by atoms with van der Waals surface area (Å²) in [4.78, 5) is 26.9.